The molecular weight excluding hydrogens is 882 g/mol. The second-order valence-electron chi connectivity index (χ2n) is 15.3. The summed E-state index contributed by atoms with van der Waals surface area (Å²) in [6, 6.07) is 18.0. The Kier molecular flexibility index (Phi) is 12.3. The number of aromatic nitrogens is 2. The molecule has 9 nitrogen and oxygen atoms in total. The number of piperidine rings is 2. The first kappa shape index (κ1) is 41.3. The molecule has 0 unspecified atom stereocenters. The lowest BCUT2D eigenvalue weighted by molar-refractivity contribution is -0.0240. The third kappa shape index (κ3) is 7.70. The van der Waals surface area contributed by atoms with Gasteiger partial charge in [-0.3, -0.25) is 19.6 Å². The molecule has 5 aromatic rings. The van der Waals surface area contributed by atoms with Crippen LogP contribution in [0.3, 0.4) is 0 Å². The number of nitrogens with zero attached hydrogens (tertiary/aromatic N) is 6. The van der Waals surface area contributed by atoms with Gasteiger partial charge in [0.05, 0.1) is 42.8 Å². The van der Waals surface area contributed by atoms with E-state index in [0.29, 0.717) is 33.2 Å². The number of halogens is 5. The molecule has 4 aliphatic rings. The standard InChI is InChI=1S/C25H25Cl2N3O2.C19H20BrCl2N3O/c1-16-23-22(11-14-29(25(23)32)28-12-3-2-4-13-28)30(21-10-7-18(26)15-20(21)27)24(16)17-5-8-19(31)9-6-17;1-12-17-16(7-10-24(19(17)26)23-8-3-2-4-9-23)25(18(12)20)15-6-5-13(21)11-14(15)22/h5-10,15,31H,2-4,11-14H2,1H3;5-6,11H,2-4,7-10H2,1H3. The third-order valence-corrected chi connectivity index (χ3v) is 13.8. The maximum Gasteiger partial charge on any atom is 0.270 e. The molecule has 0 saturated carbocycles. The van der Waals surface area contributed by atoms with Crippen molar-refractivity contribution in [3.05, 3.63) is 119 Å². The molecule has 3 aromatic carbocycles. The number of rotatable bonds is 5. The zero-order valence-electron chi connectivity index (χ0n) is 32.5. The third-order valence-electron chi connectivity index (χ3n) is 11.8. The second-order valence-corrected chi connectivity index (χ2v) is 17.8. The summed E-state index contributed by atoms with van der Waals surface area (Å²) >= 11 is 29.0. The predicted molar refractivity (Wildman–Crippen MR) is 236 cm³/mol. The van der Waals surface area contributed by atoms with E-state index in [1.54, 1.807) is 24.3 Å². The van der Waals surface area contributed by atoms with Crippen LogP contribution in [0, 0.1) is 13.8 Å². The smallest absolute Gasteiger partial charge is 0.270 e. The molecule has 9 rings (SSSR count). The van der Waals surface area contributed by atoms with Crippen LogP contribution in [0.5, 0.6) is 5.75 Å². The quantitative estimate of drug-likeness (QED) is 0.190. The Morgan fingerprint density at radius 1 is 0.569 bits per heavy atom. The highest BCUT2D eigenvalue weighted by atomic mass is 79.9. The van der Waals surface area contributed by atoms with Crippen LogP contribution < -0.4 is 0 Å². The number of fused-ring (bicyclic) bond motifs is 2. The number of benzene rings is 3. The average Bonchev–Trinajstić information content (AvgIpc) is 3.65. The molecule has 4 aliphatic heterocycles. The van der Waals surface area contributed by atoms with Crippen molar-refractivity contribution in [1.29, 1.82) is 0 Å². The normalized spacial score (nSPS) is 17.6. The fourth-order valence-corrected chi connectivity index (χ4v) is 10.6. The molecule has 0 radical (unpaired) electrons. The van der Waals surface area contributed by atoms with Gasteiger partial charge in [0.1, 0.15) is 5.75 Å². The molecule has 0 aliphatic carbocycles. The number of phenolic OH excluding ortho intramolecular Hbond substituents is 1. The first-order valence-electron chi connectivity index (χ1n) is 19.9. The number of amides is 2. The van der Waals surface area contributed by atoms with Crippen LogP contribution >= 0.6 is 62.3 Å². The summed E-state index contributed by atoms with van der Waals surface area (Å²) in [6.07, 6.45) is 8.55. The largest absolute Gasteiger partial charge is 0.508 e. The summed E-state index contributed by atoms with van der Waals surface area (Å²) in [5.41, 5.74) is 8.85. The molecule has 0 atom stereocenters. The van der Waals surface area contributed by atoms with Crippen LogP contribution in [-0.4, -0.2) is 85.4 Å². The van der Waals surface area contributed by atoms with Crippen LogP contribution in [0.1, 0.15) is 81.8 Å². The Balaban J connectivity index is 0.000000165. The van der Waals surface area contributed by atoms with Crippen molar-refractivity contribution in [2.75, 3.05) is 39.3 Å². The Bertz CT molecular complexity index is 2380. The lowest BCUT2D eigenvalue weighted by Gasteiger charge is -2.39. The lowest BCUT2D eigenvalue weighted by atomic mass is 10.0. The van der Waals surface area contributed by atoms with Gasteiger partial charge in [0.15, 0.2) is 0 Å². The van der Waals surface area contributed by atoms with Gasteiger partial charge in [0, 0.05) is 73.5 Å². The maximum atomic E-state index is 13.7. The molecule has 0 bridgehead atoms. The van der Waals surface area contributed by atoms with E-state index in [4.69, 9.17) is 46.4 Å². The minimum Gasteiger partial charge on any atom is -0.508 e. The van der Waals surface area contributed by atoms with Gasteiger partial charge in [-0.2, -0.15) is 0 Å². The highest BCUT2D eigenvalue weighted by Crippen LogP contribution is 2.41. The number of phenols is 1. The molecule has 2 fully saturated rings. The highest BCUT2D eigenvalue weighted by molar-refractivity contribution is 9.10. The van der Waals surface area contributed by atoms with Gasteiger partial charge in [0.2, 0.25) is 0 Å². The minimum absolute atomic E-state index is 0.0505. The number of hydrogen-bond acceptors (Lipinski definition) is 5. The molecule has 6 heterocycles. The monoisotopic (exact) mass is 924 g/mol. The van der Waals surface area contributed by atoms with Crippen LogP contribution in [0.25, 0.3) is 22.6 Å². The fourth-order valence-electron chi connectivity index (χ4n) is 8.98. The summed E-state index contributed by atoms with van der Waals surface area (Å²) in [6.45, 7) is 9.11. The van der Waals surface area contributed by atoms with E-state index in [1.807, 2.05) is 60.3 Å². The van der Waals surface area contributed by atoms with Gasteiger partial charge in [-0.1, -0.05) is 59.2 Å². The number of carbonyl (C=O) groups is 2. The lowest BCUT2D eigenvalue weighted by Crippen LogP contribution is -2.51. The van der Waals surface area contributed by atoms with Gasteiger partial charge in [-0.25, -0.2) is 10.0 Å². The van der Waals surface area contributed by atoms with E-state index in [9.17, 15) is 14.7 Å². The van der Waals surface area contributed by atoms with Crippen molar-refractivity contribution in [1.82, 2.24) is 29.2 Å². The molecule has 2 saturated heterocycles. The average molecular weight is 928 g/mol. The Morgan fingerprint density at radius 2 is 1.02 bits per heavy atom. The number of carbonyl (C=O) groups excluding carboxylic acids is 2. The van der Waals surface area contributed by atoms with E-state index in [0.717, 1.165) is 126 Å². The first-order valence-corrected chi connectivity index (χ1v) is 22.2. The Labute approximate surface area is 367 Å². The van der Waals surface area contributed by atoms with Crippen LogP contribution in [0.15, 0.2) is 65.3 Å². The summed E-state index contributed by atoms with van der Waals surface area (Å²) < 4.78 is 5.02. The molecular formula is C44H45BrCl4N6O3. The molecule has 58 heavy (non-hydrogen) atoms. The SMILES string of the molecule is Cc1c2c(n(-c3ccc(Cl)cc3Cl)c1-c1ccc(O)cc1)CCN(N1CCCCC1)C2=O.Cc1c2c(n(-c3ccc(Cl)cc3Cl)c1Br)CCN(N1CCCCC1)C2=O. The topological polar surface area (TPSA) is 77.2 Å². The van der Waals surface area contributed by atoms with E-state index in [1.165, 1.54) is 12.8 Å². The molecule has 2 amide bonds. The minimum atomic E-state index is 0.0505. The van der Waals surface area contributed by atoms with Crippen molar-refractivity contribution in [2.24, 2.45) is 0 Å². The summed E-state index contributed by atoms with van der Waals surface area (Å²) in [5.74, 6) is 0.343. The summed E-state index contributed by atoms with van der Waals surface area (Å²) in [7, 11) is 0. The molecule has 2 aromatic heterocycles. The van der Waals surface area contributed by atoms with E-state index in [-0.39, 0.29) is 17.6 Å². The molecule has 0 spiro atoms. The highest BCUT2D eigenvalue weighted by Gasteiger charge is 2.37. The van der Waals surface area contributed by atoms with Gasteiger partial charge in [-0.05, 0) is 133 Å². The van der Waals surface area contributed by atoms with Crippen molar-refractivity contribution < 1.29 is 14.7 Å². The Morgan fingerprint density at radius 3 is 1.50 bits per heavy atom. The van der Waals surface area contributed by atoms with E-state index in [2.05, 4.69) is 35.1 Å². The molecule has 304 valence electrons. The number of hydrogen-bond donors (Lipinski definition) is 1. The van der Waals surface area contributed by atoms with Crippen molar-refractivity contribution in [3.63, 3.8) is 0 Å². The first-order chi connectivity index (χ1) is 27.9. The molecule has 14 heteroatoms. The summed E-state index contributed by atoms with van der Waals surface area (Å²) in [4.78, 5) is 27.0. The van der Waals surface area contributed by atoms with Crippen LogP contribution in [-0.2, 0) is 12.8 Å². The van der Waals surface area contributed by atoms with Gasteiger partial charge >= 0.3 is 0 Å². The predicted octanol–water partition coefficient (Wildman–Crippen LogP) is 11.1. The second kappa shape index (κ2) is 17.2. The zero-order chi connectivity index (χ0) is 40.8. The van der Waals surface area contributed by atoms with Crippen LogP contribution in [0.2, 0.25) is 20.1 Å². The van der Waals surface area contributed by atoms with Gasteiger partial charge in [0.25, 0.3) is 11.8 Å². The summed E-state index contributed by atoms with van der Waals surface area (Å²) in [5, 5.41) is 20.4. The fraction of sp³-hybridized carbons (Fsp3) is 0.364. The van der Waals surface area contributed by atoms with Crippen LogP contribution in [0.4, 0.5) is 0 Å². The van der Waals surface area contributed by atoms with E-state index < -0.39 is 0 Å². The number of aromatic hydroxyl groups is 1. The maximum absolute atomic E-state index is 13.7. The molecule has 1 N–H and O–H groups in total. The van der Waals surface area contributed by atoms with E-state index >= 15 is 0 Å². The van der Waals surface area contributed by atoms with Crippen molar-refractivity contribution >= 4 is 74.1 Å². The van der Waals surface area contributed by atoms with Gasteiger partial charge < -0.3 is 14.2 Å². The number of hydrazine groups is 2. The van der Waals surface area contributed by atoms with Gasteiger partial charge in [-0.15, -0.1) is 0 Å². The Hall–Kier alpha value is -3.48. The van der Waals surface area contributed by atoms with Crippen molar-refractivity contribution in [3.8, 4) is 28.4 Å². The van der Waals surface area contributed by atoms with Crippen molar-refractivity contribution in [2.45, 2.75) is 65.2 Å². The zero-order valence-corrected chi connectivity index (χ0v) is 37.1.